The van der Waals surface area contributed by atoms with Gasteiger partial charge in [-0.15, -0.1) is 0 Å². The van der Waals surface area contributed by atoms with Gasteiger partial charge in [0.25, 0.3) is 0 Å². The zero-order valence-electron chi connectivity index (χ0n) is 23.8. The number of carbonyl (C=O) groups excluding carboxylic acids is 3. The van der Waals surface area contributed by atoms with Crippen LogP contribution < -0.4 is 4.74 Å². The fraction of sp³-hybridized carbons (Fsp3) is 0.645. The number of esters is 3. The van der Waals surface area contributed by atoms with Crippen LogP contribution in [0.1, 0.15) is 77.0 Å². The Balaban J connectivity index is 1.29. The molecule has 4 fully saturated rings. The molecule has 9 nitrogen and oxygen atoms in total. The second kappa shape index (κ2) is 10.7. The summed E-state index contributed by atoms with van der Waals surface area (Å²) in [7, 11) is 0. The lowest BCUT2D eigenvalue weighted by atomic mass is 9.65. The highest BCUT2D eigenvalue weighted by Crippen LogP contribution is 2.51. The predicted octanol–water partition coefficient (Wildman–Crippen LogP) is 4.26. The smallest absolute Gasteiger partial charge is 0.303 e. The lowest BCUT2D eigenvalue weighted by Gasteiger charge is -2.53. The Bertz CT molecular complexity index is 1300. The molecule has 9 heteroatoms. The van der Waals surface area contributed by atoms with Crippen molar-refractivity contribution in [3.63, 3.8) is 0 Å². The van der Waals surface area contributed by atoms with Gasteiger partial charge in [-0.25, -0.2) is 0 Å². The molecule has 9 atom stereocenters. The van der Waals surface area contributed by atoms with Crippen molar-refractivity contribution in [3.05, 3.63) is 29.5 Å². The van der Waals surface area contributed by atoms with Gasteiger partial charge in [0.15, 0.2) is 12.2 Å². The normalized spacial score (nSPS) is 34.5. The minimum atomic E-state index is -0.952. The summed E-state index contributed by atoms with van der Waals surface area (Å²) in [5.74, 6) is 1.20. The molecule has 216 valence electrons. The molecule has 2 aliphatic carbocycles. The van der Waals surface area contributed by atoms with E-state index in [1.54, 1.807) is 0 Å². The first-order valence-corrected chi connectivity index (χ1v) is 14.8. The number of aromatic nitrogens is 1. The molecule has 1 aromatic heterocycles. The molecule has 3 unspecified atom stereocenters. The molecule has 1 aromatic carbocycles. The Morgan fingerprint density at radius 2 is 1.65 bits per heavy atom. The first kappa shape index (κ1) is 27.1. The van der Waals surface area contributed by atoms with Crippen LogP contribution in [0.25, 0.3) is 10.9 Å². The fourth-order valence-electron chi connectivity index (χ4n) is 8.13. The highest BCUT2D eigenvalue weighted by atomic mass is 16.6. The Morgan fingerprint density at radius 1 is 0.950 bits per heavy atom. The Hall–Kier alpha value is -3.07. The molecular formula is C31H40N2O7. The molecule has 1 N–H and O–H groups in total. The van der Waals surface area contributed by atoms with Crippen LogP contribution in [-0.2, 0) is 35.0 Å². The summed E-state index contributed by atoms with van der Waals surface area (Å²) in [6.07, 6.45) is 2.60. The number of H-pyrrole nitrogens is 1. The van der Waals surface area contributed by atoms with E-state index < -0.39 is 42.3 Å². The van der Waals surface area contributed by atoms with Crippen LogP contribution in [0.15, 0.2) is 18.2 Å². The number of aromatic amines is 1. The summed E-state index contributed by atoms with van der Waals surface area (Å²) in [6, 6.07) is 6.73. The average molecular weight is 553 g/mol. The third kappa shape index (κ3) is 4.97. The van der Waals surface area contributed by atoms with E-state index >= 15 is 0 Å². The monoisotopic (exact) mass is 552 g/mol. The van der Waals surface area contributed by atoms with Gasteiger partial charge in [-0.1, -0.05) is 13.3 Å². The van der Waals surface area contributed by atoms with E-state index in [9.17, 15) is 14.4 Å². The quantitative estimate of drug-likeness (QED) is 0.418. The summed E-state index contributed by atoms with van der Waals surface area (Å²) in [6.45, 7) is 8.54. The molecule has 0 spiro atoms. The number of hydrogen-bond donors (Lipinski definition) is 1. The van der Waals surface area contributed by atoms with Gasteiger partial charge in [0.2, 0.25) is 0 Å². The molecule has 4 bridgehead atoms. The first-order chi connectivity index (χ1) is 19.2. The standard InChI is InChI=1S/C31H40N2O7/c1-5-20-12-19-13-24-28-22(10-11-33(15-19)29(20)24)23-14-21(6-7-25(23)32-28)40-27-9-8-26(37-16(2)34)30(38-17(3)35)31(27)39-18(4)36/h6-7,14,19-20,24,26-27,29-32H,5,8-13,15H2,1-4H3/t19-,20-,24-,26+,27?,29?,30+,31-/m0/s1. The van der Waals surface area contributed by atoms with Crippen LogP contribution in [0, 0.1) is 11.8 Å². The average Bonchev–Trinajstić information content (AvgIpc) is 3.22. The number of benzene rings is 1. The molecule has 0 radical (unpaired) electrons. The van der Waals surface area contributed by atoms with Crippen LogP contribution >= 0.6 is 0 Å². The molecular weight excluding hydrogens is 512 g/mol. The van der Waals surface area contributed by atoms with Crippen LogP contribution in [0.5, 0.6) is 5.75 Å². The Kier molecular flexibility index (Phi) is 7.27. The van der Waals surface area contributed by atoms with Crippen LogP contribution in [0.4, 0.5) is 0 Å². The summed E-state index contributed by atoms with van der Waals surface area (Å²) < 4.78 is 23.1. The molecule has 2 saturated heterocycles. The van der Waals surface area contributed by atoms with E-state index in [0.717, 1.165) is 30.3 Å². The maximum atomic E-state index is 12.1. The van der Waals surface area contributed by atoms with Gasteiger partial charge in [-0.2, -0.15) is 0 Å². The number of carbonyl (C=O) groups is 3. The molecule has 0 amide bonds. The molecule has 7 rings (SSSR count). The van der Waals surface area contributed by atoms with Gasteiger partial charge < -0.3 is 23.9 Å². The number of piperidine rings is 2. The lowest BCUT2D eigenvalue weighted by Crippen LogP contribution is -2.56. The van der Waals surface area contributed by atoms with Crippen molar-refractivity contribution in [3.8, 4) is 5.75 Å². The zero-order valence-corrected chi connectivity index (χ0v) is 23.8. The highest BCUT2D eigenvalue weighted by molar-refractivity contribution is 5.86. The van der Waals surface area contributed by atoms with E-state index in [-0.39, 0.29) is 0 Å². The molecule has 2 aromatic rings. The minimum absolute atomic E-state index is 0.417. The van der Waals surface area contributed by atoms with Gasteiger partial charge in [0, 0.05) is 62.4 Å². The number of rotatable bonds is 6. The summed E-state index contributed by atoms with van der Waals surface area (Å²) in [5.41, 5.74) is 3.91. The van der Waals surface area contributed by atoms with E-state index in [1.807, 2.05) is 6.07 Å². The van der Waals surface area contributed by atoms with Crippen molar-refractivity contribution in [2.24, 2.45) is 11.8 Å². The van der Waals surface area contributed by atoms with Crippen LogP contribution in [0.2, 0.25) is 0 Å². The topological polar surface area (TPSA) is 107 Å². The van der Waals surface area contributed by atoms with Gasteiger partial charge in [-0.05, 0) is 67.7 Å². The van der Waals surface area contributed by atoms with Gasteiger partial charge >= 0.3 is 17.9 Å². The van der Waals surface area contributed by atoms with Crippen molar-refractivity contribution in [1.82, 2.24) is 9.88 Å². The molecule has 3 aliphatic heterocycles. The molecule has 2 saturated carbocycles. The fourth-order valence-corrected chi connectivity index (χ4v) is 8.13. The van der Waals surface area contributed by atoms with Crippen LogP contribution in [0.3, 0.4) is 0 Å². The zero-order chi connectivity index (χ0) is 28.1. The van der Waals surface area contributed by atoms with Crippen molar-refractivity contribution in [2.75, 3.05) is 13.1 Å². The van der Waals surface area contributed by atoms with Crippen molar-refractivity contribution < 1.29 is 33.3 Å². The second-order valence-electron chi connectivity index (χ2n) is 12.1. The van der Waals surface area contributed by atoms with Crippen molar-refractivity contribution in [2.45, 2.75) is 103 Å². The number of ether oxygens (including phenoxy) is 4. The molecule has 5 aliphatic rings. The number of fused-ring (bicyclic) bond motifs is 4. The van der Waals surface area contributed by atoms with E-state index in [2.05, 4.69) is 28.9 Å². The van der Waals surface area contributed by atoms with Crippen molar-refractivity contribution in [1.29, 1.82) is 0 Å². The molecule has 40 heavy (non-hydrogen) atoms. The number of hydrogen-bond acceptors (Lipinski definition) is 8. The van der Waals surface area contributed by atoms with E-state index in [0.29, 0.717) is 30.6 Å². The lowest BCUT2D eigenvalue weighted by molar-refractivity contribution is -0.200. The third-order valence-corrected chi connectivity index (χ3v) is 9.49. The first-order valence-electron chi connectivity index (χ1n) is 14.8. The maximum absolute atomic E-state index is 12.1. The summed E-state index contributed by atoms with van der Waals surface area (Å²) >= 11 is 0. The maximum Gasteiger partial charge on any atom is 0.303 e. The van der Waals surface area contributed by atoms with Crippen LogP contribution in [-0.4, -0.2) is 71.3 Å². The predicted molar refractivity (Wildman–Crippen MR) is 147 cm³/mol. The van der Waals surface area contributed by atoms with Crippen molar-refractivity contribution >= 4 is 28.8 Å². The van der Waals surface area contributed by atoms with Gasteiger partial charge in [0.1, 0.15) is 18.0 Å². The van der Waals surface area contributed by atoms with Gasteiger partial charge in [-0.3, -0.25) is 19.3 Å². The number of nitrogens with one attached hydrogen (secondary N) is 1. The Morgan fingerprint density at radius 3 is 2.35 bits per heavy atom. The highest BCUT2D eigenvalue weighted by Gasteiger charge is 2.49. The third-order valence-electron chi connectivity index (χ3n) is 9.49. The van der Waals surface area contributed by atoms with E-state index in [4.69, 9.17) is 18.9 Å². The molecule has 4 heterocycles. The minimum Gasteiger partial charge on any atom is -0.486 e. The second-order valence-corrected chi connectivity index (χ2v) is 12.1. The van der Waals surface area contributed by atoms with E-state index in [1.165, 1.54) is 63.2 Å². The SMILES string of the molecule is CC[C@H]1C[C@H]2C[C@H]3c4[nH]c5ccc(OC6CC[C@@H](OC(C)=O)[C@@H](OC(C)=O)[C@H]6OC(C)=O)cc5c4CCN(C2)C13. The number of nitrogens with zero attached hydrogens (tertiary/aromatic N) is 1. The largest absolute Gasteiger partial charge is 0.486 e. The summed E-state index contributed by atoms with van der Waals surface area (Å²) in [5, 5.41) is 1.18. The summed E-state index contributed by atoms with van der Waals surface area (Å²) in [4.78, 5) is 42.3. The Labute approximate surface area is 234 Å². The van der Waals surface area contributed by atoms with Gasteiger partial charge in [0.05, 0.1) is 0 Å².